The molecule has 1 aliphatic rings. The number of hydrogen-bond donors (Lipinski definition) is 0. The zero-order valence-corrected chi connectivity index (χ0v) is 9.27. The summed E-state index contributed by atoms with van der Waals surface area (Å²) in [5.41, 5.74) is 6.36. The van der Waals surface area contributed by atoms with E-state index < -0.39 is 0 Å². The Morgan fingerprint density at radius 2 is 1.94 bits per heavy atom. The molecule has 0 atom stereocenters. The van der Waals surface area contributed by atoms with Crippen LogP contribution >= 0.6 is 0 Å². The average Bonchev–Trinajstić information content (AvgIpc) is 2.73. The quantitative estimate of drug-likeness (QED) is 0.697. The number of benzene rings is 1. The summed E-state index contributed by atoms with van der Waals surface area (Å²) in [5.74, 6) is 0. The van der Waals surface area contributed by atoms with Gasteiger partial charge in [-0.1, -0.05) is 30.3 Å². The number of pyridine rings is 1. The summed E-state index contributed by atoms with van der Waals surface area (Å²) in [6, 6.07) is 12.8. The first-order valence-corrected chi connectivity index (χ1v) is 5.54. The van der Waals surface area contributed by atoms with E-state index in [-0.39, 0.29) is 0 Å². The fourth-order valence-electron chi connectivity index (χ4n) is 2.10. The number of hydrogen-bond acceptors (Lipinski definition) is 1. The number of aromatic nitrogens is 1. The molecule has 16 heavy (non-hydrogen) atoms. The van der Waals surface area contributed by atoms with Gasteiger partial charge in [-0.05, 0) is 41.3 Å². The van der Waals surface area contributed by atoms with Crippen molar-refractivity contribution in [3.8, 4) is 0 Å². The van der Waals surface area contributed by atoms with Gasteiger partial charge in [0.2, 0.25) is 0 Å². The Kier molecular flexibility index (Phi) is 2.10. The van der Waals surface area contributed by atoms with E-state index in [2.05, 4.69) is 54.4 Å². The number of nitrogens with zero attached hydrogens (tertiary/aromatic N) is 1. The van der Waals surface area contributed by atoms with E-state index in [1.807, 2.05) is 6.20 Å². The molecule has 1 heterocycles. The van der Waals surface area contributed by atoms with E-state index in [4.69, 9.17) is 0 Å². The Morgan fingerprint density at radius 1 is 1.06 bits per heavy atom. The van der Waals surface area contributed by atoms with Gasteiger partial charge in [-0.3, -0.25) is 4.98 Å². The van der Waals surface area contributed by atoms with Gasteiger partial charge in [0.25, 0.3) is 0 Å². The monoisotopic (exact) mass is 207 g/mol. The third-order valence-corrected chi connectivity index (χ3v) is 3.01. The van der Waals surface area contributed by atoms with Crippen LogP contribution in [-0.4, -0.2) is 4.98 Å². The molecule has 0 N–H and O–H groups in total. The van der Waals surface area contributed by atoms with Crippen molar-refractivity contribution in [2.45, 2.75) is 13.3 Å². The van der Waals surface area contributed by atoms with Crippen molar-refractivity contribution < 1.29 is 0 Å². The van der Waals surface area contributed by atoms with Gasteiger partial charge in [-0.15, -0.1) is 0 Å². The third-order valence-electron chi connectivity index (χ3n) is 3.01. The van der Waals surface area contributed by atoms with E-state index in [0.717, 1.165) is 12.1 Å². The molecule has 3 rings (SSSR count). The zero-order chi connectivity index (χ0) is 11.0. The molecule has 0 bridgehead atoms. The zero-order valence-electron chi connectivity index (χ0n) is 9.27. The second kappa shape index (κ2) is 3.60. The smallest absolute Gasteiger partial charge is 0.0665 e. The summed E-state index contributed by atoms with van der Waals surface area (Å²) in [6.07, 6.45) is 5.18. The lowest BCUT2D eigenvalue weighted by Gasteiger charge is -2.01. The maximum atomic E-state index is 4.48. The first-order chi connectivity index (χ1) is 7.83. The predicted octanol–water partition coefficient (Wildman–Crippen LogP) is 3.49. The van der Waals surface area contributed by atoms with Gasteiger partial charge in [0.05, 0.1) is 5.69 Å². The second-order valence-electron chi connectivity index (χ2n) is 4.27. The summed E-state index contributed by atoms with van der Waals surface area (Å²) < 4.78 is 0. The molecular formula is C15H13N. The lowest BCUT2D eigenvalue weighted by molar-refractivity contribution is 1.20. The highest BCUT2D eigenvalue weighted by Gasteiger charge is 2.13. The van der Waals surface area contributed by atoms with Gasteiger partial charge >= 0.3 is 0 Å². The van der Waals surface area contributed by atoms with Crippen molar-refractivity contribution in [2.24, 2.45) is 0 Å². The Hall–Kier alpha value is -1.89. The Labute approximate surface area is 95.5 Å². The van der Waals surface area contributed by atoms with Crippen LogP contribution in [0.1, 0.15) is 22.4 Å². The Bertz CT molecular complexity index is 550. The molecule has 1 aromatic carbocycles. The van der Waals surface area contributed by atoms with Crippen molar-refractivity contribution in [1.82, 2.24) is 4.98 Å². The molecule has 1 nitrogen and oxygen atoms in total. The van der Waals surface area contributed by atoms with Gasteiger partial charge in [-0.2, -0.15) is 0 Å². The predicted molar refractivity (Wildman–Crippen MR) is 67.0 cm³/mol. The summed E-state index contributed by atoms with van der Waals surface area (Å²) in [4.78, 5) is 4.48. The summed E-state index contributed by atoms with van der Waals surface area (Å²) in [6.45, 7) is 2.06. The van der Waals surface area contributed by atoms with E-state index in [0.29, 0.717) is 0 Å². The number of rotatable bonds is 1. The maximum Gasteiger partial charge on any atom is 0.0665 e. The molecular weight excluding hydrogens is 194 g/mol. The largest absolute Gasteiger partial charge is 0.256 e. The summed E-state index contributed by atoms with van der Waals surface area (Å²) in [5, 5.41) is 0. The number of fused-ring (bicyclic) bond motifs is 1. The van der Waals surface area contributed by atoms with Gasteiger partial charge in [-0.25, -0.2) is 0 Å². The molecule has 0 saturated heterocycles. The fraction of sp³-hybridized carbons (Fsp3) is 0.133. The van der Waals surface area contributed by atoms with E-state index >= 15 is 0 Å². The molecule has 78 valence electrons. The maximum absolute atomic E-state index is 4.48. The molecule has 0 radical (unpaired) electrons. The minimum atomic E-state index is 1.01. The lowest BCUT2D eigenvalue weighted by atomic mass is 10.1. The standard InChI is InChI=1S/C15H13N/c1-11-6-7-15(16-10-11)14-8-12-4-2-3-5-13(12)9-14/h2-8,10H,9H2,1H3. The molecule has 0 amide bonds. The van der Waals surface area contributed by atoms with Gasteiger partial charge in [0.1, 0.15) is 0 Å². The lowest BCUT2D eigenvalue weighted by Crippen LogP contribution is -1.89. The molecule has 2 aromatic rings. The van der Waals surface area contributed by atoms with E-state index in [1.165, 1.54) is 22.3 Å². The van der Waals surface area contributed by atoms with Crippen LogP contribution in [0.4, 0.5) is 0 Å². The first kappa shape index (κ1) is 9.34. The first-order valence-electron chi connectivity index (χ1n) is 5.54. The molecule has 0 fully saturated rings. The van der Waals surface area contributed by atoms with Crippen molar-refractivity contribution in [3.05, 3.63) is 65.0 Å². The third kappa shape index (κ3) is 1.54. The molecule has 0 aliphatic heterocycles. The van der Waals surface area contributed by atoms with Gasteiger partial charge in [0, 0.05) is 12.6 Å². The highest BCUT2D eigenvalue weighted by atomic mass is 14.7. The van der Waals surface area contributed by atoms with Crippen LogP contribution in [0.3, 0.4) is 0 Å². The molecule has 1 aliphatic carbocycles. The molecule has 1 heteroatoms. The van der Waals surface area contributed by atoms with Crippen LogP contribution < -0.4 is 0 Å². The highest BCUT2D eigenvalue weighted by Crippen LogP contribution is 2.30. The van der Waals surface area contributed by atoms with Crippen LogP contribution in [0, 0.1) is 6.92 Å². The Balaban J connectivity index is 1.98. The summed E-state index contributed by atoms with van der Waals surface area (Å²) >= 11 is 0. The number of aryl methyl sites for hydroxylation is 1. The van der Waals surface area contributed by atoms with Crippen molar-refractivity contribution in [1.29, 1.82) is 0 Å². The number of allylic oxidation sites excluding steroid dienone is 1. The fourth-order valence-corrected chi connectivity index (χ4v) is 2.10. The van der Waals surface area contributed by atoms with Crippen molar-refractivity contribution in [2.75, 3.05) is 0 Å². The van der Waals surface area contributed by atoms with Crippen molar-refractivity contribution >= 4 is 11.6 Å². The van der Waals surface area contributed by atoms with Crippen molar-refractivity contribution in [3.63, 3.8) is 0 Å². The average molecular weight is 207 g/mol. The molecule has 0 spiro atoms. The minimum Gasteiger partial charge on any atom is -0.256 e. The summed E-state index contributed by atoms with van der Waals surface area (Å²) in [7, 11) is 0. The topological polar surface area (TPSA) is 12.9 Å². The Morgan fingerprint density at radius 3 is 2.69 bits per heavy atom. The second-order valence-corrected chi connectivity index (χ2v) is 4.27. The molecule has 0 saturated carbocycles. The molecule has 1 aromatic heterocycles. The van der Waals surface area contributed by atoms with E-state index in [1.54, 1.807) is 0 Å². The van der Waals surface area contributed by atoms with Gasteiger partial charge < -0.3 is 0 Å². The van der Waals surface area contributed by atoms with Crippen LogP contribution in [0.15, 0.2) is 42.6 Å². The normalized spacial score (nSPS) is 13.4. The van der Waals surface area contributed by atoms with Gasteiger partial charge in [0.15, 0.2) is 0 Å². The van der Waals surface area contributed by atoms with Crippen LogP contribution in [-0.2, 0) is 6.42 Å². The van der Waals surface area contributed by atoms with E-state index in [9.17, 15) is 0 Å². The van der Waals surface area contributed by atoms with Crippen LogP contribution in [0.25, 0.3) is 11.6 Å². The van der Waals surface area contributed by atoms with Crippen LogP contribution in [0.2, 0.25) is 0 Å². The molecule has 0 unspecified atom stereocenters. The highest BCUT2D eigenvalue weighted by molar-refractivity contribution is 5.87. The minimum absolute atomic E-state index is 1.01. The SMILES string of the molecule is Cc1ccc(C2=Cc3ccccc3C2)nc1. The van der Waals surface area contributed by atoms with Crippen LogP contribution in [0.5, 0.6) is 0 Å².